The Kier molecular flexibility index (Phi) is 12.2. The molecule has 1 N–H and O–H groups in total. The molecule has 0 aromatic rings. The lowest BCUT2D eigenvalue weighted by Gasteiger charge is -2.04. The van der Waals surface area contributed by atoms with Gasteiger partial charge >= 0.3 is 0 Å². The Bertz CT molecular complexity index is 157. The van der Waals surface area contributed by atoms with Gasteiger partial charge in [0.1, 0.15) is 6.61 Å². The molecule has 0 fully saturated rings. The predicted octanol–water partition coefficient (Wildman–Crippen LogP) is 0.912. The molecule has 0 aliphatic heterocycles. The predicted molar refractivity (Wildman–Crippen MR) is 64.9 cm³/mol. The summed E-state index contributed by atoms with van der Waals surface area (Å²) in [5.74, 6) is -0.114. The number of hydrogen-bond donors (Lipinski definition) is 1. The molecule has 0 atom stereocenters. The van der Waals surface area contributed by atoms with Crippen LogP contribution in [0.3, 0.4) is 0 Å². The molecule has 0 aromatic carbocycles. The SMILES string of the molecule is COCCCOCCCOCC(=O)NI. The maximum atomic E-state index is 10.7. The molecule has 0 rings (SSSR count). The minimum Gasteiger partial charge on any atom is -0.385 e. The van der Waals surface area contributed by atoms with Gasteiger partial charge in [0.05, 0.1) is 22.9 Å². The van der Waals surface area contributed by atoms with Crippen molar-refractivity contribution in [3.05, 3.63) is 0 Å². The highest BCUT2D eigenvalue weighted by Gasteiger charge is 1.97. The Hall–Kier alpha value is 0.0800. The van der Waals surface area contributed by atoms with Crippen molar-refractivity contribution in [3.63, 3.8) is 0 Å². The van der Waals surface area contributed by atoms with Gasteiger partial charge in [0, 0.05) is 33.5 Å². The van der Waals surface area contributed by atoms with Crippen molar-refractivity contribution in [2.75, 3.05) is 40.1 Å². The molecule has 0 radical (unpaired) electrons. The van der Waals surface area contributed by atoms with Gasteiger partial charge in [-0.2, -0.15) is 0 Å². The highest BCUT2D eigenvalue weighted by molar-refractivity contribution is 14.1. The van der Waals surface area contributed by atoms with Crippen LogP contribution in [0.2, 0.25) is 0 Å². The van der Waals surface area contributed by atoms with E-state index in [1.54, 1.807) is 30.0 Å². The van der Waals surface area contributed by atoms with E-state index in [1.807, 2.05) is 0 Å². The Morgan fingerprint density at radius 3 is 2.33 bits per heavy atom. The van der Waals surface area contributed by atoms with Crippen LogP contribution in [0, 0.1) is 0 Å². The van der Waals surface area contributed by atoms with Gasteiger partial charge in [-0.3, -0.25) is 8.32 Å². The molecule has 0 spiro atoms. The van der Waals surface area contributed by atoms with Crippen molar-refractivity contribution in [2.24, 2.45) is 0 Å². The summed E-state index contributed by atoms with van der Waals surface area (Å²) in [6.45, 7) is 2.77. The molecule has 6 heteroatoms. The van der Waals surface area contributed by atoms with Gasteiger partial charge in [0.2, 0.25) is 0 Å². The first-order valence-corrected chi connectivity index (χ1v) is 5.93. The standard InChI is InChI=1S/C9H18INO4/c1-13-4-2-5-14-6-3-7-15-8-9(12)11-10/h2-8H2,1H3,(H,11,12). The highest BCUT2D eigenvalue weighted by atomic mass is 127. The second kappa shape index (κ2) is 12.2. The summed E-state index contributed by atoms with van der Waals surface area (Å²) in [6.07, 6.45) is 1.72. The van der Waals surface area contributed by atoms with Crippen molar-refractivity contribution < 1.29 is 19.0 Å². The van der Waals surface area contributed by atoms with E-state index in [0.717, 1.165) is 19.4 Å². The lowest BCUT2D eigenvalue weighted by molar-refractivity contribution is -0.123. The number of carbonyl (C=O) groups excluding carboxylic acids is 1. The van der Waals surface area contributed by atoms with E-state index in [2.05, 4.69) is 3.53 Å². The summed E-state index contributed by atoms with van der Waals surface area (Å²) >= 11 is 1.78. The number of amides is 1. The Morgan fingerprint density at radius 2 is 1.73 bits per heavy atom. The van der Waals surface area contributed by atoms with Crippen LogP contribution in [0.4, 0.5) is 0 Å². The van der Waals surface area contributed by atoms with Gasteiger partial charge < -0.3 is 14.2 Å². The lowest BCUT2D eigenvalue weighted by atomic mass is 10.4. The third kappa shape index (κ3) is 12.0. The number of rotatable bonds is 10. The van der Waals surface area contributed by atoms with Gasteiger partial charge in [0.25, 0.3) is 5.91 Å². The van der Waals surface area contributed by atoms with Crippen LogP contribution in [-0.2, 0) is 19.0 Å². The van der Waals surface area contributed by atoms with Crippen LogP contribution >= 0.6 is 22.9 Å². The average molecular weight is 331 g/mol. The van der Waals surface area contributed by atoms with Gasteiger partial charge in [-0.05, 0) is 12.8 Å². The van der Waals surface area contributed by atoms with E-state index in [-0.39, 0.29) is 12.5 Å². The Morgan fingerprint density at radius 1 is 1.13 bits per heavy atom. The fourth-order valence-electron chi connectivity index (χ4n) is 0.863. The maximum absolute atomic E-state index is 10.7. The zero-order valence-corrected chi connectivity index (χ0v) is 11.1. The van der Waals surface area contributed by atoms with Crippen LogP contribution in [0.25, 0.3) is 0 Å². The number of halogens is 1. The second-order valence-electron chi connectivity index (χ2n) is 2.88. The zero-order valence-electron chi connectivity index (χ0n) is 8.96. The molecule has 0 bridgehead atoms. The fourth-order valence-corrected chi connectivity index (χ4v) is 1.02. The largest absolute Gasteiger partial charge is 0.385 e. The molecule has 0 aliphatic rings. The number of nitrogens with one attached hydrogen (secondary N) is 1. The van der Waals surface area contributed by atoms with Gasteiger partial charge in [0.15, 0.2) is 0 Å². The number of carbonyl (C=O) groups is 1. The summed E-state index contributed by atoms with van der Waals surface area (Å²) in [7, 11) is 1.67. The van der Waals surface area contributed by atoms with Crippen molar-refractivity contribution in [1.82, 2.24) is 3.53 Å². The smallest absolute Gasteiger partial charge is 0.254 e. The third-order valence-corrected chi connectivity index (χ3v) is 2.15. The van der Waals surface area contributed by atoms with Crippen LogP contribution in [0.15, 0.2) is 0 Å². The molecule has 15 heavy (non-hydrogen) atoms. The van der Waals surface area contributed by atoms with Crippen molar-refractivity contribution >= 4 is 28.8 Å². The molecule has 0 saturated heterocycles. The molecule has 0 unspecified atom stereocenters. The first-order valence-electron chi connectivity index (χ1n) is 4.85. The third-order valence-electron chi connectivity index (χ3n) is 1.55. The van der Waals surface area contributed by atoms with Crippen LogP contribution in [0.5, 0.6) is 0 Å². The van der Waals surface area contributed by atoms with E-state index in [1.165, 1.54) is 0 Å². The molecule has 5 nitrogen and oxygen atoms in total. The molecule has 0 aliphatic carbocycles. The summed E-state index contributed by atoms with van der Waals surface area (Å²) in [5.41, 5.74) is 0. The molecular formula is C9H18INO4. The molecule has 0 aromatic heterocycles. The molecular weight excluding hydrogens is 313 g/mol. The molecule has 0 heterocycles. The highest BCUT2D eigenvalue weighted by Crippen LogP contribution is 1.88. The normalized spacial score (nSPS) is 10.3. The fraction of sp³-hybridized carbons (Fsp3) is 0.889. The van der Waals surface area contributed by atoms with Crippen molar-refractivity contribution in [1.29, 1.82) is 0 Å². The van der Waals surface area contributed by atoms with E-state index < -0.39 is 0 Å². The average Bonchev–Trinajstić information content (AvgIpc) is 2.26. The zero-order chi connectivity index (χ0) is 11.4. The summed E-state index contributed by atoms with van der Waals surface area (Å²) < 4.78 is 17.7. The molecule has 90 valence electrons. The Labute approximate surface area is 104 Å². The van der Waals surface area contributed by atoms with Crippen LogP contribution in [0.1, 0.15) is 12.8 Å². The van der Waals surface area contributed by atoms with Crippen LogP contribution in [-0.4, -0.2) is 46.1 Å². The topological polar surface area (TPSA) is 56.8 Å². The van der Waals surface area contributed by atoms with Gasteiger partial charge in [-0.25, -0.2) is 0 Å². The van der Waals surface area contributed by atoms with E-state index in [0.29, 0.717) is 19.8 Å². The first-order chi connectivity index (χ1) is 7.31. The maximum Gasteiger partial charge on any atom is 0.254 e. The van der Waals surface area contributed by atoms with E-state index >= 15 is 0 Å². The minimum absolute atomic E-state index is 0.114. The van der Waals surface area contributed by atoms with Gasteiger partial charge in [-0.15, -0.1) is 0 Å². The lowest BCUT2D eigenvalue weighted by Crippen LogP contribution is -2.19. The molecule has 1 amide bonds. The summed E-state index contributed by atoms with van der Waals surface area (Å²) in [4.78, 5) is 10.7. The number of hydrogen-bond acceptors (Lipinski definition) is 4. The summed E-state index contributed by atoms with van der Waals surface area (Å²) in [5, 5.41) is 0. The van der Waals surface area contributed by atoms with Crippen molar-refractivity contribution in [2.45, 2.75) is 12.8 Å². The van der Waals surface area contributed by atoms with Crippen molar-refractivity contribution in [3.8, 4) is 0 Å². The van der Waals surface area contributed by atoms with Crippen LogP contribution < -0.4 is 3.53 Å². The number of ether oxygens (including phenoxy) is 3. The second-order valence-corrected chi connectivity index (χ2v) is 3.42. The Balaban J connectivity index is 2.95. The van der Waals surface area contributed by atoms with Gasteiger partial charge in [-0.1, -0.05) is 0 Å². The number of methoxy groups -OCH3 is 1. The minimum atomic E-state index is -0.114. The van der Waals surface area contributed by atoms with E-state index in [9.17, 15) is 4.79 Å². The molecule has 0 saturated carbocycles. The van der Waals surface area contributed by atoms with E-state index in [4.69, 9.17) is 14.2 Å². The quantitative estimate of drug-likeness (QED) is 0.367. The summed E-state index contributed by atoms with van der Waals surface area (Å²) in [6, 6.07) is 0. The first kappa shape index (κ1) is 15.1. The monoisotopic (exact) mass is 331 g/mol.